The highest BCUT2D eigenvalue weighted by atomic mass is 32.1. The number of hydrogen-bond acceptors (Lipinski definition) is 3. The Kier molecular flexibility index (Phi) is 3.44. The van der Waals surface area contributed by atoms with Crippen LogP contribution in [-0.4, -0.2) is 25.5 Å². The molecule has 100 valence electrons. The zero-order valence-electron chi connectivity index (χ0n) is 11.4. The summed E-state index contributed by atoms with van der Waals surface area (Å²) in [6, 6.07) is 12.9. The Hall–Kier alpha value is -1.16. The van der Waals surface area contributed by atoms with Gasteiger partial charge >= 0.3 is 0 Å². The van der Waals surface area contributed by atoms with Crippen molar-refractivity contribution in [2.45, 2.75) is 18.6 Å². The molecule has 1 aromatic carbocycles. The highest BCUT2D eigenvalue weighted by Crippen LogP contribution is 2.46. The number of hydrogen-bond donors (Lipinski definition) is 0. The van der Waals surface area contributed by atoms with Crippen molar-refractivity contribution in [2.24, 2.45) is 0 Å². The summed E-state index contributed by atoms with van der Waals surface area (Å²) >= 11 is 1.79. The molecule has 0 saturated carbocycles. The van der Waals surface area contributed by atoms with Crippen molar-refractivity contribution < 1.29 is 4.74 Å². The molecule has 19 heavy (non-hydrogen) atoms. The summed E-state index contributed by atoms with van der Waals surface area (Å²) in [5.74, 6) is 0. The fourth-order valence-electron chi connectivity index (χ4n) is 2.74. The van der Waals surface area contributed by atoms with Crippen LogP contribution < -0.4 is 0 Å². The first kappa shape index (κ1) is 12.9. The van der Waals surface area contributed by atoms with Gasteiger partial charge in [0.1, 0.15) is 5.60 Å². The molecule has 1 aliphatic rings. The van der Waals surface area contributed by atoms with Crippen LogP contribution in [-0.2, 0) is 16.9 Å². The van der Waals surface area contributed by atoms with E-state index in [2.05, 4.69) is 60.8 Å². The van der Waals surface area contributed by atoms with Crippen LogP contribution in [0.5, 0.6) is 0 Å². The number of thiophene rings is 1. The maximum Gasteiger partial charge on any atom is 0.129 e. The third kappa shape index (κ3) is 2.22. The van der Waals surface area contributed by atoms with E-state index in [1.54, 1.807) is 11.3 Å². The molecular weight excluding hydrogens is 254 g/mol. The molecule has 0 N–H and O–H groups in total. The first-order valence-electron chi connectivity index (χ1n) is 6.63. The van der Waals surface area contributed by atoms with Gasteiger partial charge in [0, 0.05) is 11.4 Å². The first-order chi connectivity index (χ1) is 9.22. The summed E-state index contributed by atoms with van der Waals surface area (Å²) in [5, 5.41) is 2.14. The van der Waals surface area contributed by atoms with Crippen molar-refractivity contribution in [1.82, 2.24) is 4.90 Å². The number of benzene rings is 1. The molecule has 1 unspecified atom stereocenters. The molecule has 0 fully saturated rings. The molecule has 0 aliphatic carbocycles. The van der Waals surface area contributed by atoms with Crippen molar-refractivity contribution >= 4 is 11.3 Å². The summed E-state index contributed by atoms with van der Waals surface area (Å²) in [5.41, 5.74) is 2.43. The van der Waals surface area contributed by atoms with Crippen LogP contribution in [0.25, 0.3) is 0 Å². The zero-order chi connectivity index (χ0) is 13.3. The van der Waals surface area contributed by atoms with Crippen molar-refractivity contribution in [3.8, 4) is 0 Å². The molecule has 3 rings (SSSR count). The second kappa shape index (κ2) is 5.08. The van der Waals surface area contributed by atoms with Crippen LogP contribution in [0.4, 0.5) is 0 Å². The fourth-order valence-corrected chi connectivity index (χ4v) is 3.66. The van der Waals surface area contributed by atoms with Gasteiger partial charge in [-0.1, -0.05) is 30.3 Å². The van der Waals surface area contributed by atoms with Gasteiger partial charge in [-0.25, -0.2) is 0 Å². The minimum absolute atomic E-state index is 0.241. The Labute approximate surface area is 118 Å². The molecule has 0 spiro atoms. The molecule has 2 heterocycles. The van der Waals surface area contributed by atoms with Gasteiger partial charge in [-0.15, -0.1) is 11.3 Å². The van der Waals surface area contributed by atoms with Gasteiger partial charge in [-0.2, -0.15) is 0 Å². The van der Waals surface area contributed by atoms with E-state index in [0.29, 0.717) is 0 Å². The van der Waals surface area contributed by atoms with E-state index in [0.717, 1.165) is 19.6 Å². The molecule has 0 bridgehead atoms. The van der Waals surface area contributed by atoms with E-state index >= 15 is 0 Å². The number of nitrogens with zero attached hydrogens (tertiary/aromatic N) is 1. The maximum absolute atomic E-state index is 6.29. The predicted molar refractivity (Wildman–Crippen MR) is 79.5 cm³/mol. The van der Waals surface area contributed by atoms with Gasteiger partial charge < -0.3 is 9.64 Å². The smallest absolute Gasteiger partial charge is 0.129 e. The quantitative estimate of drug-likeness (QED) is 0.845. The van der Waals surface area contributed by atoms with Crippen molar-refractivity contribution in [2.75, 3.05) is 20.6 Å². The SMILES string of the molecule is CN(C)CCC1(c2cccs2)OCc2ccccc21. The molecule has 0 radical (unpaired) electrons. The van der Waals surface area contributed by atoms with Crippen molar-refractivity contribution in [3.05, 3.63) is 57.8 Å². The van der Waals surface area contributed by atoms with Gasteiger partial charge in [0.25, 0.3) is 0 Å². The Bertz CT molecular complexity index is 550. The summed E-state index contributed by atoms with van der Waals surface area (Å²) in [6.07, 6.45) is 0.998. The molecule has 2 aromatic rings. The van der Waals surface area contributed by atoms with E-state index < -0.39 is 0 Å². The van der Waals surface area contributed by atoms with Gasteiger partial charge in [-0.3, -0.25) is 0 Å². The fraction of sp³-hybridized carbons (Fsp3) is 0.375. The monoisotopic (exact) mass is 273 g/mol. The molecule has 3 heteroatoms. The van der Waals surface area contributed by atoms with E-state index in [9.17, 15) is 0 Å². The van der Waals surface area contributed by atoms with Gasteiger partial charge in [0.2, 0.25) is 0 Å². The average Bonchev–Trinajstić information content (AvgIpc) is 3.05. The molecule has 0 saturated heterocycles. The summed E-state index contributed by atoms with van der Waals surface area (Å²) in [6.45, 7) is 1.74. The minimum Gasteiger partial charge on any atom is -0.360 e. The van der Waals surface area contributed by atoms with Crippen LogP contribution >= 0.6 is 11.3 Å². The summed E-state index contributed by atoms with van der Waals surface area (Å²) in [7, 11) is 4.23. The van der Waals surface area contributed by atoms with Crippen LogP contribution in [0, 0.1) is 0 Å². The molecule has 2 nitrogen and oxygen atoms in total. The minimum atomic E-state index is -0.241. The topological polar surface area (TPSA) is 12.5 Å². The number of rotatable bonds is 4. The lowest BCUT2D eigenvalue weighted by atomic mass is 9.87. The second-order valence-electron chi connectivity index (χ2n) is 5.30. The standard InChI is InChI=1S/C16H19NOS/c1-17(2)10-9-16(15-8-5-11-19-15)14-7-4-3-6-13(14)12-18-16/h3-8,11H,9-10,12H2,1-2H3. The molecule has 1 atom stereocenters. The average molecular weight is 273 g/mol. The number of ether oxygens (including phenoxy) is 1. The maximum atomic E-state index is 6.29. The lowest BCUT2D eigenvalue weighted by molar-refractivity contribution is -0.0129. The summed E-state index contributed by atoms with van der Waals surface area (Å²) in [4.78, 5) is 3.54. The van der Waals surface area contributed by atoms with Crippen LogP contribution in [0.3, 0.4) is 0 Å². The van der Waals surface area contributed by atoms with Crippen molar-refractivity contribution in [1.29, 1.82) is 0 Å². The lowest BCUT2D eigenvalue weighted by Gasteiger charge is -2.30. The zero-order valence-corrected chi connectivity index (χ0v) is 12.2. The number of fused-ring (bicyclic) bond motifs is 1. The highest BCUT2D eigenvalue weighted by Gasteiger charge is 2.42. The molecule has 1 aromatic heterocycles. The third-order valence-corrected chi connectivity index (χ3v) is 4.77. The largest absolute Gasteiger partial charge is 0.360 e. The van der Waals surface area contributed by atoms with Crippen LogP contribution in [0.1, 0.15) is 22.4 Å². The Morgan fingerprint density at radius 3 is 2.79 bits per heavy atom. The molecule has 1 aliphatic heterocycles. The molecule has 0 amide bonds. The van der Waals surface area contributed by atoms with Gasteiger partial charge in [0.15, 0.2) is 0 Å². The summed E-state index contributed by atoms with van der Waals surface area (Å²) < 4.78 is 6.29. The lowest BCUT2D eigenvalue weighted by Crippen LogP contribution is -2.30. The predicted octanol–water partition coefficient (Wildman–Crippen LogP) is 3.47. The van der Waals surface area contributed by atoms with Crippen LogP contribution in [0.15, 0.2) is 41.8 Å². The Morgan fingerprint density at radius 2 is 2.05 bits per heavy atom. The Balaban J connectivity index is 2.04. The normalized spacial score (nSPS) is 21.8. The Morgan fingerprint density at radius 1 is 1.21 bits per heavy atom. The van der Waals surface area contributed by atoms with E-state index in [-0.39, 0.29) is 5.60 Å². The second-order valence-corrected chi connectivity index (χ2v) is 6.25. The van der Waals surface area contributed by atoms with E-state index in [1.165, 1.54) is 16.0 Å². The van der Waals surface area contributed by atoms with Gasteiger partial charge in [-0.05, 0) is 43.1 Å². The van der Waals surface area contributed by atoms with E-state index in [1.807, 2.05) is 0 Å². The van der Waals surface area contributed by atoms with Crippen molar-refractivity contribution in [3.63, 3.8) is 0 Å². The first-order valence-corrected chi connectivity index (χ1v) is 7.51. The van der Waals surface area contributed by atoms with Crippen LogP contribution in [0.2, 0.25) is 0 Å². The van der Waals surface area contributed by atoms with Gasteiger partial charge in [0.05, 0.1) is 6.61 Å². The molecular formula is C16H19NOS. The van der Waals surface area contributed by atoms with E-state index in [4.69, 9.17) is 4.74 Å². The highest BCUT2D eigenvalue weighted by molar-refractivity contribution is 7.10. The third-order valence-electron chi connectivity index (χ3n) is 3.76.